The Kier molecular flexibility index (Phi) is 5.95. The average molecular weight is 447 g/mol. The maximum absolute atomic E-state index is 12.0. The smallest absolute Gasteiger partial charge is 0.437 e. The van der Waals surface area contributed by atoms with Gasteiger partial charge in [-0.05, 0) is 41.4 Å². The predicted octanol–water partition coefficient (Wildman–Crippen LogP) is 1.38. The molecule has 0 spiro atoms. The van der Waals surface area contributed by atoms with E-state index in [2.05, 4.69) is 21.3 Å². The van der Waals surface area contributed by atoms with Gasteiger partial charge < -0.3 is 19.2 Å². The van der Waals surface area contributed by atoms with Crippen LogP contribution in [0.3, 0.4) is 0 Å². The third-order valence-electron chi connectivity index (χ3n) is 4.09. The van der Waals surface area contributed by atoms with Crippen LogP contribution in [0.2, 0.25) is 0 Å². The van der Waals surface area contributed by atoms with Gasteiger partial charge in [-0.2, -0.15) is 4.68 Å². The van der Waals surface area contributed by atoms with Gasteiger partial charge in [-0.1, -0.05) is 12.1 Å². The first-order valence-corrected chi connectivity index (χ1v) is 10.2. The van der Waals surface area contributed by atoms with Crippen molar-refractivity contribution in [3.8, 4) is 22.3 Å². The standard InChI is InChI=1S/C18H17N5O5S2/c24-15(5-6-23-18(25)28-16(22-23)14-2-1-7-30-14)20-21-17(29)19-9-11-3-4-12-13(8-11)27-10-26-12/h1-4,7-8H,5-6,9-10H2,(H,20,24)(H2,19,21,29). The van der Waals surface area contributed by atoms with Gasteiger partial charge in [0.1, 0.15) is 0 Å². The lowest BCUT2D eigenvalue weighted by Gasteiger charge is -2.11. The molecule has 0 radical (unpaired) electrons. The lowest BCUT2D eigenvalue weighted by atomic mass is 10.2. The van der Waals surface area contributed by atoms with Gasteiger partial charge in [0.05, 0.1) is 11.4 Å². The van der Waals surface area contributed by atoms with Gasteiger partial charge in [0, 0.05) is 13.0 Å². The topological polar surface area (TPSA) is 120 Å². The summed E-state index contributed by atoms with van der Waals surface area (Å²) in [6, 6.07) is 9.21. The number of rotatable bonds is 6. The van der Waals surface area contributed by atoms with Crippen LogP contribution in [0.15, 0.2) is 44.9 Å². The third kappa shape index (κ3) is 4.78. The van der Waals surface area contributed by atoms with Crippen LogP contribution < -0.4 is 31.4 Å². The van der Waals surface area contributed by atoms with Gasteiger partial charge in [0.2, 0.25) is 12.7 Å². The van der Waals surface area contributed by atoms with Gasteiger partial charge in [-0.25, -0.2) is 4.79 Å². The fourth-order valence-electron chi connectivity index (χ4n) is 2.62. The van der Waals surface area contributed by atoms with Crippen molar-refractivity contribution in [2.75, 3.05) is 6.79 Å². The van der Waals surface area contributed by atoms with Crippen LogP contribution in [0, 0.1) is 0 Å². The van der Waals surface area contributed by atoms with Gasteiger partial charge in [-0.3, -0.25) is 15.6 Å². The number of benzene rings is 1. The minimum atomic E-state index is -0.611. The van der Waals surface area contributed by atoms with Gasteiger partial charge in [-0.15, -0.1) is 16.4 Å². The van der Waals surface area contributed by atoms with E-state index in [9.17, 15) is 9.59 Å². The molecular weight excluding hydrogens is 430 g/mol. The zero-order chi connectivity index (χ0) is 20.9. The highest BCUT2D eigenvalue weighted by Gasteiger charge is 2.14. The molecular formula is C18H17N5O5S2. The van der Waals surface area contributed by atoms with Crippen molar-refractivity contribution in [2.24, 2.45) is 0 Å². The van der Waals surface area contributed by atoms with Crippen molar-refractivity contribution in [3.63, 3.8) is 0 Å². The largest absolute Gasteiger partial charge is 0.454 e. The number of nitrogens with zero attached hydrogens (tertiary/aromatic N) is 2. The first-order chi connectivity index (χ1) is 14.6. The van der Waals surface area contributed by atoms with Crippen LogP contribution in [-0.4, -0.2) is 27.6 Å². The predicted molar refractivity (Wildman–Crippen MR) is 112 cm³/mol. The molecule has 1 aliphatic rings. The molecule has 156 valence electrons. The Morgan fingerprint density at radius 3 is 2.93 bits per heavy atom. The van der Waals surface area contributed by atoms with E-state index < -0.39 is 5.76 Å². The average Bonchev–Trinajstić information content (AvgIpc) is 3.49. The van der Waals surface area contributed by atoms with Crippen LogP contribution in [-0.2, 0) is 17.9 Å². The maximum Gasteiger partial charge on any atom is 0.437 e. The van der Waals surface area contributed by atoms with Crippen molar-refractivity contribution < 1.29 is 18.7 Å². The number of fused-ring (bicyclic) bond motifs is 1. The van der Waals surface area contributed by atoms with Crippen LogP contribution in [0.5, 0.6) is 11.5 Å². The Labute approximate surface area is 179 Å². The highest BCUT2D eigenvalue weighted by molar-refractivity contribution is 7.80. The zero-order valence-corrected chi connectivity index (χ0v) is 17.2. The summed E-state index contributed by atoms with van der Waals surface area (Å²) < 4.78 is 16.8. The number of nitrogens with one attached hydrogen (secondary N) is 3. The number of carbonyl (C=O) groups excluding carboxylic acids is 1. The first-order valence-electron chi connectivity index (χ1n) is 8.91. The van der Waals surface area contributed by atoms with E-state index in [0.717, 1.165) is 15.1 Å². The Bertz CT molecular complexity index is 1110. The Morgan fingerprint density at radius 1 is 1.23 bits per heavy atom. The minimum absolute atomic E-state index is 0.0219. The summed E-state index contributed by atoms with van der Waals surface area (Å²) >= 11 is 6.55. The molecule has 3 aromatic rings. The van der Waals surface area contributed by atoms with Crippen molar-refractivity contribution in [3.05, 3.63) is 51.8 Å². The fourth-order valence-corrected chi connectivity index (χ4v) is 3.39. The SMILES string of the molecule is O=C(CCn1nc(-c2cccs2)oc1=O)NNC(=S)NCc1ccc2c(c1)OCO2. The van der Waals surface area contributed by atoms with Crippen LogP contribution in [0.1, 0.15) is 12.0 Å². The molecule has 30 heavy (non-hydrogen) atoms. The van der Waals surface area contributed by atoms with Crippen molar-refractivity contribution in [1.29, 1.82) is 0 Å². The van der Waals surface area contributed by atoms with E-state index in [1.807, 2.05) is 29.6 Å². The summed E-state index contributed by atoms with van der Waals surface area (Å²) in [5, 5.41) is 9.18. The lowest BCUT2D eigenvalue weighted by Crippen LogP contribution is -2.46. The van der Waals surface area contributed by atoms with E-state index in [-0.39, 0.29) is 36.7 Å². The van der Waals surface area contributed by atoms with Crippen LogP contribution in [0.25, 0.3) is 10.8 Å². The van der Waals surface area contributed by atoms with Gasteiger partial charge in [0.15, 0.2) is 16.6 Å². The lowest BCUT2D eigenvalue weighted by molar-refractivity contribution is -0.121. The molecule has 0 aliphatic carbocycles. The van der Waals surface area contributed by atoms with Crippen molar-refractivity contribution in [2.45, 2.75) is 19.5 Å². The summed E-state index contributed by atoms with van der Waals surface area (Å²) in [5.74, 6) is 0.671. The van der Waals surface area contributed by atoms with E-state index >= 15 is 0 Å². The van der Waals surface area contributed by atoms with Gasteiger partial charge in [0.25, 0.3) is 5.89 Å². The summed E-state index contributed by atoms with van der Waals surface area (Å²) in [5.41, 5.74) is 6.04. The Morgan fingerprint density at radius 2 is 2.10 bits per heavy atom. The summed E-state index contributed by atoms with van der Waals surface area (Å²) in [6.45, 7) is 0.741. The van der Waals surface area contributed by atoms with Crippen LogP contribution in [0.4, 0.5) is 0 Å². The van der Waals surface area contributed by atoms with Crippen LogP contribution >= 0.6 is 23.6 Å². The maximum atomic E-state index is 12.0. The summed E-state index contributed by atoms with van der Waals surface area (Å²) in [4.78, 5) is 24.6. The number of thiophene rings is 1. The fraction of sp³-hybridized carbons (Fsp3) is 0.222. The molecule has 2 aromatic heterocycles. The number of hydrazine groups is 1. The Balaban J connectivity index is 1.19. The highest BCUT2D eigenvalue weighted by Crippen LogP contribution is 2.32. The second-order valence-electron chi connectivity index (χ2n) is 6.17. The van der Waals surface area contributed by atoms with Gasteiger partial charge >= 0.3 is 5.76 Å². The number of ether oxygens (including phenoxy) is 2. The highest BCUT2D eigenvalue weighted by atomic mass is 32.1. The van der Waals surface area contributed by atoms with E-state index in [0.29, 0.717) is 18.0 Å². The molecule has 0 bridgehead atoms. The summed E-state index contributed by atoms with van der Waals surface area (Å²) in [7, 11) is 0. The molecule has 1 aliphatic heterocycles. The minimum Gasteiger partial charge on any atom is -0.454 e. The second kappa shape index (κ2) is 8.97. The second-order valence-corrected chi connectivity index (χ2v) is 7.52. The number of hydrogen-bond donors (Lipinski definition) is 3. The molecule has 0 atom stereocenters. The number of aromatic nitrogens is 2. The molecule has 3 heterocycles. The number of aryl methyl sites for hydroxylation is 1. The Hall–Kier alpha value is -3.38. The number of amides is 1. The summed E-state index contributed by atoms with van der Waals surface area (Å²) in [6.07, 6.45) is 0.0219. The van der Waals surface area contributed by atoms with Crippen molar-refractivity contribution >= 4 is 34.6 Å². The van der Waals surface area contributed by atoms with E-state index in [4.69, 9.17) is 26.1 Å². The molecule has 0 fully saturated rings. The molecule has 1 aromatic carbocycles. The van der Waals surface area contributed by atoms with E-state index in [1.165, 1.54) is 11.3 Å². The number of hydrogen-bond acceptors (Lipinski definition) is 8. The number of carbonyl (C=O) groups is 1. The molecule has 0 saturated carbocycles. The van der Waals surface area contributed by atoms with E-state index in [1.54, 1.807) is 6.07 Å². The molecule has 0 saturated heterocycles. The normalized spacial score (nSPS) is 11.9. The zero-order valence-electron chi connectivity index (χ0n) is 15.5. The third-order valence-corrected chi connectivity index (χ3v) is 5.20. The molecule has 1 amide bonds. The molecule has 12 heteroatoms. The molecule has 3 N–H and O–H groups in total. The first kappa shape index (κ1) is 19.9. The number of thiocarbonyl (C=S) groups is 1. The molecule has 4 rings (SSSR count). The quantitative estimate of drug-likeness (QED) is 0.380. The van der Waals surface area contributed by atoms with Crippen molar-refractivity contribution in [1.82, 2.24) is 25.9 Å². The molecule has 10 nitrogen and oxygen atoms in total. The molecule has 0 unspecified atom stereocenters. The monoisotopic (exact) mass is 447 g/mol.